The zero-order chi connectivity index (χ0) is 19.4. The fourth-order valence-electron chi connectivity index (χ4n) is 3.30. The summed E-state index contributed by atoms with van der Waals surface area (Å²) in [6.07, 6.45) is 1.85. The Bertz CT molecular complexity index is 828. The molecular weight excluding hydrogens is 478 g/mol. The van der Waals surface area contributed by atoms with Gasteiger partial charge in [0, 0.05) is 22.6 Å². The lowest BCUT2D eigenvalue weighted by molar-refractivity contribution is -0.134. The molecule has 7 heteroatoms. The minimum atomic E-state index is -0.0369. The van der Waals surface area contributed by atoms with E-state index >= 15 is 0 Å². The van der Waals surface area contributed by atoms with Gasteiger partial charge < -0.3 is 19.1 Å². The van der Waals surface area contributed by atoms with Crippen LogP contribution in [0.1, 0.15) is 24.4 Å². The molecule has 1 fully saturated rings. The van der Waals surface area contributed by atoms with Gasteiger partial charge in [0.15, 0.2) is 6.61 Å². The highest BCUT2D eigenvalue weighted by atomic mass is 79.9. The Balaban J connectivity index is 1.73. The molecule has 0 spiro atoms. The summed E-state index contributed by atoms with van der Waals surface area (Å²) < 4.78 is 18.3. The highest BCUT2D eigenvalue weighted by molar-refractivity contribution is 9.11. The second kappa shape index (κ2) is 8.97. The van der Waals surface area contributed by atoms with Crippen LogP contribution in [0.3, 0.4) is 0 Å². The molecule has 1 saturated heterocycles. The van der Waals surface area contributed by atoms with Crippen molar-refractivity contribution in [2.24, 2.45) is 0 Å². The normalized spacial score (nSPS) is 16.3. The number of benzene rings is 2. The van der Waals surface area contributed by atoms with Crippen molar-refractivity contribution in [2.45, 2.75) is 18.9 Å². The van der Waals surface area contributed by atoms with Gasteiger partial charge in [-0.05, 0) is 59.1 Å². The standard InChI is InChI=1S/C20H21Br2NO4/c1-25-14-6-7-15(19(11-14)26-2)17-4-3-9-23(17)20(24)12-27-18-8-5-13(21)10-16(18)22/h5-8,10-11,17H,3-4,9,12H2,1-2H3. The molecule has 1 aliphatic heterocycles. The van der Waals surface area contributed by atoms with Gasteiger partial charge in [-0.2, -0.15) is 0 Å². The molecule has 0 saturated carbocycles. The van der Waals surface area contributed by atoms with E-state index in [4.69, 9.17) is 14.2 Å². The lowest BCUT2D eigenvalue weighted by atomic mass is 10.0. The van der Waals surface area contributed by atoms with Crippen molar-refractivity contribution in [3.05, 3.63) is 50.9 Å². The van der Waals surface area contributed by atoms with Crippen molar-refractivity contribution in [1.29, 1.82) is 0 Å². The summed E-state index contributed by atoms with van der Waals surface area (Å²) >= 11 is 6.86. The molecule has 2 aromatic carbocycles. The summed E-state index contributed by atoms with van der Waals surface area (Å²) in [5.41, 5.74) is 0.994. The predicted molar refractivity (Wildman–Crippen MR) is 111 cm³/mol. The van der Waals surface area contributed by atoms with Crippen LogP contribution in [0, 0.1) is 0 Å². The molecule has 144 valence electrons. The molecule has 0 aliphatic carbocycles. The number of nitrogens with zero attached hydrogens (tertiary/aromatic N) is 1. The van der Waals surface area contributed by atoms with E-state index in [1.165, 1.54) is 0 Å². The third kappa shape index (κ3) is 4.58. The van der Waals surface area contributed by atoms with Crippen LogP contribution in [0.5, 0.6) is 17.2 Å². The van der Waals surface area contributed by atoms with E-state index < -0.39 is 0 Å². The smallest absolute Gasteiger partial charge is 0.261 e. The van der Waals surface area contributed by atoms with Crippen molar-refractivity contribution < 1.29 is 19.0 Å². The summed E-state index contributed by atoms with van der Waals surface area (Å²) in [7, 11) is 3.25. The monoisotopic (exact) mass is 497 g/mol. The third-order valence-corrected chi connectivity index (χ3v) is 5.73. The third-order valence-electron chi connectivity index (χ3n) is 4.62. The van der Waals surface area contributed by atoms with Gasteiger partial charge in [0.25, 0.3) is 5.91 Å². The molecule has 1 aliphatic rings. The maximum absolute atomic E-state index is 12.8. The molecule has 1 heterocycles. The summed E-state index contributed by atoms with van der Waals surface area (Å²) in [6.45, 7) is 0.707. The lowest BCUT2D eigenvalue weighted by Gasteiger charge is -2.26. The van der Waals surface area contributed by atoms with E-state index in [2.05, 4.69) is 31.9 Å². The quantitative estimate of drug-likeness (QED) is 0.564. The molecule has 5 nitrogen and oxygen atoms in total. The fourth-order valence-corrected chi connectivity index (χ4v) is 4.46. The van der Waals surface area contributed by atoms with E-state index in [1.54, 1.807) is 14.2 Å². The van der Waals surface area contributed by atoms with E-state index in [9.17, 15) is 4.79 Å². The first-order chi connectivity index (χ1) is 13.0. The molecule has 3 rings (SSSR count). The number of halogens is 2. The van der Waals surface area contributed by atoms with Crippen molar-refractivity contribution in [3.8, 4) is 17.2 Å². The Morgan fingerprint density at radius 2 is 1.93 bits per heavy atom. The van der Waals surface area contributed by atoms with Gasteiger partial charge in [-0.1, -0.05) is 15.9 Å². The first-order valence-corrected chi connectivity index (χ1v) is 10.2. The van der Waals surface area contributed by atoms with Gasteiger partial charge in [0.05, 0.1) is 24.7 Å². The maximum atomic E-state index is 12.8. The Morgan fingerprint density at radius 1 is 1.11 bits per heavy atom. The molecule has 27 heavy (non-hydrogen) atoms. The molecule has 0 bridgehead atoms. The van der Waals surface area contributed by atoms with E-state index in [1.807, 2.05) is 41.3 Å². The Kier molecular flexibility index (Phi) is 6.65. The zero-order valence-electron chi connectivity index (χ0n) is 15.2. The van der Waals surface area contributed by atoms with Gasteiger partial charge in [0.2, 0.25) is 0 Å². The highest BCUT2D eigenvalue weighted by Crippen LogP contribution is 2.39. The lowest BCUT2D eigenvalue weighted by Crippen LogP contribution is -2.34. The first kappa shape index (κ1) is 20.0. The Morgan fingerprint density at radius 3 is 2.63 bits per heavy atom. The number of carbonyl (C=O) groups excluding carboxylic acids is 1. The van der Waals surface area contributed by atoms with Crippen molar-refractivity contribution in [2.75, 3.05) is 27.4 Å². The number of methoxy groups -OCH3 is 2. The minimum Gasteiger partial charge on any atom is -0.497 e. The summed E-state index contributed by atoms with van der Waals surface area (Å²) in [4.78, 5) is 14.7. The first-order valence-electron chi connectivity index (χ1n) is 8.62. The van der Waals surface area contributed by atoms with Crippen molar-refractivity contribution >= 4 is 37.8 Å². The van der Waals surface area contributed by atoms with E-state index in [-0.39, 0.29) is 18.6 Å². The molecule has 0 aromatic heterocycles. The molecule has 1 unspecified atom stereocenters. The van der Waals surface area contributed by atoms with Gasteiger partial charge in [-0.3, -0.25) is 4.79 Å². The topological polar surface area (TPSA) is 48.0 Å². The number of carbonyl (C=O) groups is 1. The predicted octanol–water partition coefficient (Wildman–Crippen LogP) is 4.97. The minimum absolute atomic E-state index is 0.00476. The molecular formula is C20H21Br2NO4. The second-order valence-corrected chi connectivity index (χ2v) is 7.99. The Labute approximate surface area is 175 Å². The van der Waals surface area contributed by atoms with Gasteiger partial charge in [-0.25, -0.2) is 0 Å². The molecule has 0 N–H and O–H groups in total. The van der Waals surface area contributed by atoms with Crippen LogP contribution in [0.15, 0.2) is 45.3 Å². The van der Waals surface area contributed by atoms with Crippen LogP contribution in [-0.4, -0.2) is 38.2 Å². The Hall–Kier alpha value is -1.73. The van der Waals surface area contributed by atoms with Crippen LogP contribution in [0.25, 0.3) is 0 Å². The number of likely N-dealkylation sites (tertiary alicyclic amines) is 1. The van der Waals surface area contributed by atoms with Crippen LogP contribution in [0.4, 0.5) is 0 Å². The number of hydrogen-bond acceptors (Lipinski definition) is 4. The average Bonchev–Trinajstić information content (AvgIpc) is 3.16. The van der Waals surface area contributed by atoms with Crippen LogP contribution in [-0.2, 0) is 4.79 Å². The van der Waals surface area contributed by atoms with Gasteiger partial charge in [-0.15, -0.1) is 0 Å². The number of hydrogen-bond donors (Lipinski definition) is 0. The number of amides is 1. The van der Waals surface area contributed by atoms with Crippen LogP contribution < -0.4 is 14.2 Å². The average molecular weight is 499 g/mol. The highest BCUT2D eigenvalue weighted by Gasteiger charge is 2.32. The van der Waals surface area contributed by atoms with E-state index in [0.717, 1.165) is 38.8 Å². The molecule has 1 atom stereocenters. The van der Waals surface area contributed by atoms with Crippen molar-refractivity contribution in [3.63, 3.8) is 0 Å². The molecule has 0 radical (unpaired) electrons. The number of ether oxygens (including phenoxy) is 3. The molecule has 1 amide bonds. The largest absolute Gasteiger partial charge is 0.497 e. The summed E-state index contributed by atoms with van der Waals surface area (Å²) in [5.74, 6) is 2.07. The van der Waals surface area contributed by atoms with Crippen molar-refractivity contribution in [1.82, 2.24) is 4.90 Å². The summed E-state index contributed by atoms with van der Waals surface area (Å²) in [6, 6.07) is 11.3. The second-order valence-electron chi connectivity index (χ2n) is 6.22. The molecule has 2 aromatic rings. The maximum Gasteiger partial charge on any atom is 0.261 e. The van der Waals surface area contributed by atoms with Crippen LogP contribution >= 0.6 is 31.9 Å². The zero-order valence-corrected chi connectivity index (χ0v) is 18.4. The van der Waals surface area contributed by atoms with Crippen LogP contribution in [0.2, 0.25) is 0 Å². The van der Waals surface area contributed by atoms with E-state index in [0.29, 0.717) is 12.3 Å². The fraction of sp³-hybridized carbons (Fsp3) is 0.350. The van der Waals surface area contributed by atoms with Gasteiger partial charge in [0.1, 0.15) is 17.2 Å². The summed E-state index contributed by atoms with van der Waals surface area (Å²) in [5, 5.41) is 0. The number of rotatable bonds is 6. The van der Waals surface area contributed by atoms with Gasteiger partial charge >= 0.3 is 0 Å². The SMILES string of the molecule is COc1ccc(C2CCCN2C(=O)COc2ccc(Br)cc2Br)c(OC)c1.